The van der Waals surface area contributed by atoms with Gasteiger partial charge in [0.25, 0.3) is 0 Å². The third-order valence-electron chi connectivity index (χ3n) is 10.6. The van der Waals surface area contributed by atoms with Crippen molar-refractivity contribution in [2.45, 2.75) is 61.0 Å². The Bertz CT molecular complexity index is 2410. The smallest absolute Gasteiger partial charge is 0.194 e. The average molecular weight is 1070 g/mol. The molecule has 0 radical (unpaired) electrons. The predicted octanol–water partition coefficient (Wildman–Crippen LogP) is 13.5. The summed E-state index contributed by atoms with van der Waals surface area (Å²) in [4.78, 5) is 0. The average Bonchev–Trinajstić information content (AvgIpc) is 3.22. The molecule has 0 spiro atoms. The lowest BCUT2D eigenvalue weighted by Crippen LogP contribution is -2.75. The summed E-state index contributed by atoms with van der Waals surface area (Å²) in [5, 5.41) is 0.983. The number of pyridine rings is 1. The molecule has 0 saturated carbocycles. The summed E-state index contributed by atoms with van der Waals surface area (Å²) in [5.74, 6) is 0. The lowest BCUT2D eigenvalue weighted by molar-refractivity contribution is -0.724. The molecule has 0 N–H and O–H groups in total. The van der Waals surface area contributed by atoms with Crippen molar-refractivity contribution in [1.82, 2.24) is 0 Å². The molecular weight excluding hydrogens is 1040 g/mol. The number of nitrogens with zero attached hydrogens (tertiary/aromatic N) is 1. The number of hydrogen-bond donors (Lipinski definition) is 1. The van der Waals surface area contributed by atoms with Crippen molar-refractivity contribution in [2.24, 2.45) is 0 Å². The van der Waals surface area contributed by atoms with Crippen LogP contribution in [0.5, 0.6) is 0 Å². The lowest BCUT2D eigenvalue weighted by atomic mass is 9.12. The number of aromatic nitrogens is 1. The van der Waals surface area contributed by atoms with Crippen LogP contribution in [-0.2, 0) is 56.0 Å². The molecular formula is C44H24BF24NS. The Morgan fingerprint density at radius 1 is 0.310 bits per heavy atom. The van der Waals surface area contributed by atoms with Crippen molar-refractivity contribution in [3.63, 3.8) is 0 Å². The van der Waals surface area contributed by atoms with Crippen LogP contribution in [0.1, 0.15) is 50.1 Å². The molecule has 382 valence electrons. The molecule has 0 amide bonds. The molecule has 0 bridgehead atoms. The molecule has 0 saturated heterocycles. The van der Waals surface area contributed by atoms with E-state index in [1.165, 1.54) is 5.56 Å². The first-order valence-electron chi connectivity index (χ1n) is 19.2. The third kappa shape index (κ3) is 13.1. The molecule has 6 aromatic rings. The second kappa shape index (κ2) is 19.2. The van der Waals surface area contributed by atoms with Crippen LogP contribution in [0.2, 0.25) is 0 Å². The number of benzene rings is 5. The van der Waals surface area contributed by atoms with Crippen LogP contribution >= 0.6 is 12.6 Å². The molecule has 0 atom stereocenters. The van der Waals surface area contributed by atoms with E-state index >= 15 is 0 Å². The first-order chi connectivity index (χ1) is 32.1. The highest BCUT2D eigenvalue weighted by molar-refractivity contribution is 7.80. The Balaban J connectivity index is 0.000000569. The summed E-state index contributed by atoms with van der Waals surface area (Å²) in [6.07, 6.45) is -52.8. The summed E-state index contributed by atoms with van der Waals surface area (Å²) in [6.45, 7) is 0.876. The summed E-state index contributed by atoms with van der Waals surface area (Å²) >= 11 is 4.39. The normalized spacial score (nSPS) is 13.5. The van der Waals surface area contributed by atoms with Crippen LogP contribution in [0.3, 0.4) is 0 Å². The molecule has 1 heterocycles. The number of rotatable bonds is 6. The molecule has 0 aliphatic rings. The molecule has 1 nitrogen and oxygen atoms in total. The molecule has 0 aliphatic carbocycles. The number of alkyl halides is 24. The van der Waals surface area contributed by atoms with Gasteiger partial charge >= 0.3 is 49.4 Å². The first-order valence-corrected chi connectivity index (χ1v) is 19.6. The number of thiol groups is 1. The van der Waals surface area contributed by atoms with E-state index in [1.807, 2.05) is 30.5 Å². The van der Waals surface area contributed by atoms with Crippen molar-refractivity contribution in [3.05, 3.63) is 178 Å². The van der Waals surface area contributed by atoms with Gasteiger partial charge in [0.1, 0.15) is 6.15 Å². The maximum Gasteiger partial charge on any atom is 0.416 e. The zero-order valence-electron chi connectivity index (χ0n) is 34.4. The largest absolute Gasteiger partial charge is 0.416 e. The highest BCUT2D eigenvalue weighted by Crippen LogP contribution is 2.41. The number of halogens is 24. The fourth-order valence-corrected chi connectivity index (χ4v) is 7.68. The fourth-order valence-electron chi connectivity index (χ4n) is 7.45. The van der Waals surface area contributed by atoms with Gasteiger partial charge < -0.3 is 0 Å². The zero-order valence-corrected chi connectivity index (χ0v) is 35.3. The van der Waals surface area contributed by atoms with Gasteiger partial charge in [-0.1, -0.05) is 91.5 Å². The van der Waals surface area contributed by atoms with Crippen LogP contribution in [0.4, 0.5) is 105 Å². The lowest BCUT2D eigenvalue weighted by Gasteiger charge is -2.46. The molecule has 0 unspecified atom stereocenters. The van der Waals surface area contributed by atoms with Gasteiger partial charge in [0.15, 0.2) is 12.7 Å². The summed E-state index contributed by atoms with van der Waals surface area (Å²) < 4.78 is 343. The van der Waals surface area contributed by atoms with E-state index in [-0.39, 0.29) is 0 Å². The van der Waals surface area contributed by atoms with E-state index in [0.29, 0.717) is 0 Å². The van der Waals surface area contributed by atoms with Crippen LogP contribution in [-0.4, -0.2) is 6.15 Å². The summed E-state index contributed by atoms with van der Waals surface area (Å²) in [7, 11) is 0. The second-order valence-electron chi connectivity index (χ2n) is 15.4. The standard InChI is InChI=1S/C32H12BF24.C12H11NS/c34-25(35,36)13-1-14(26(37,38)39)6-21(5-13)33(22-7-15(27(40,41)42)2-16(8-22)28(43,44)45,23-9-17(29(46,47)48)3-18(10-23)30(49,50)51)24-11-19(31(52,53)54)4-20(12-24)32(55,56)57;14-12-8-4-5-9-13(12)10-11-6-2-1-3-7-11/h1-12H;1-9H,10H2/q-1;/p+1. The zero-order chi connectivity index (χ0) is 53.7. The van der Waals surface area contributed by atoms with E-state index in [2.05, 4.69) is 41.5 Å². The Labute approximate surface area is 388 Å². The van der Waals surface area contributed by atoms with Gasteiger partial charge in [-0.2, -0.15) is 132 Å². The van der Waals surface area contributed by atoms with Crippen LogP contribution in [0.15, 0.2) is 133 Å². The van der Waals surface area contributed by atoms with Crippen LogP contribution < -0.4 is 26.4 Å². The van der Waals surface area contributed by atoms with Gasteiger partial charge in [0.2, 0.25) is 5.03 Å². The van der Waals surface area contributed by atoms with E-state index in [1.54, 1.807) is 0 Å². The Hall–Kier alpha value is -6.02. The molecule has 5 aromatic carbocycles. The van der Waals surface area contributed by atoms with Gasteiger partial charge in [-0.15, -0.1) is 0 Å². The van der Waals surface area contributed by atoms with Gasteiger partial charge in [-0.3, -0.25) is 0 Å². The van der Waals surface area contributed by atoms with E-state index in [9.17, 15) is 105 Å². The predicted molar refractivity (Wildman–Crippen MR) is 210 cm³/mol. The molecule has 27 heteroatoms. The fraction of sp³-hybridized carbons (Fsp3) is 0.205. The molecule has 0 aliphatic heterocycles. The van der Waals surface area contributed by atoms with Gasteiger partial charge in [-0.25, -0.2) is 0 Å². The van der Waals surface area contributed by atoms with Crippen molar-refractivity contribution in [1.29, 1.82) is 0 Å². The summed E-state index contributed by atoms with van der Waals surface area (Å²) in [5.41, 5.74) is -28.9. The van der Waals surface area contributed by atoms with Crippen LogP contribution in [0, 0.1) is 0 Å². The Morgan fingerprint density at radius 3 is 0.746 bits per heavy atom. The minimum absolute atomic E-state index is 0.691. The third-order valence-corrected chi connectivity index (χ3v) is 11.0. The van der Waals surface area contributed by atoms with Crippen molar-refractivity contribution in [3.8, 4) is 0 Å². The summed E-state index contributed by atoms with van der Waals surface area (Å²) in [6, 6.07) is 7.56. The molecule has 1 aromatic heterocycles. The Kier molecular flexibility index (Phi) is 15.1. The first kappa shape index (κ1) is 55.9. The van der Waals surface area contributed by atoms with E-state index in [4.69, 9.17) is 0 Å². The van der Waals surface area contributed by atoms with E-state index in [0.717, 1.165) is 11.6 Å². The maximum atomic E-state index is 14.2. The highest BCUT2D eigenvalue weighted by atomic mass is 32.1. The quantitative estimate of drug-likeness (QED) is 0.0733. The van der Waals surface area contributed by atoms with Gasteiger partial charge in [0, 0.05) is 17.7 Å². The van der Waals surface area contributed by atoms with Crippen molar-refractivity contribution < 1.29 is 110 Å². The van der Waals surface area contributed by atoms with Crippen molar-refractivity contribution in [2.75, 3.05) is 0 Å². The Morgan fingerprint density at radius 2 is 0.535 bits per heavy atom. The van der Waals surface area contributed by atoms with Crippen LogP contribution in [0.25, 0.3) is 0 Å². The van der Waals surface area contributed by atoms with Crippen molar-refractivity contribution >= 4 is 40.6 Å². The van der Waals surface area contributed by atoms with E-state index < -0.39 is 195 Å². The molecule has 71 heavy (non-hydrogen) atoms. The highest BCUT2D eigenvalue weighted by Gasteiger charge is 2.47. The minimum Gasteiger partial charge on any atom is -0.194 e. The SMILES string of the molecule is FC(F)(F)c1cc([B-](c2cc(C(F)(F)F)cc(C(F)(F)F)c2)(c2cc(C(F)(F)F)cc(C(F)(F)F)c2)c2cc(C(F)(F)F)cc(C(F)(F)F)c2)cc(C(F)(F)F)c1.Sc1cccc[n+]1Cc1ccccc1. The second-order valence-corrected chi connectivity index (χ2v) is 15.9. The maximum absolute atomic E-state index is 14.2. The monoisotopic (exact) mass is 1070 g/mol. The molecule has 0 fully saturated rings. The minimum atomic E-state index is -6.13. The van der Waals surface area contributed by atoms with Gasteiger partial charge in [-0.05, 0) is 30.3 Å². The topological polar surface area (TPSA) is 3.88 Å². The van der Waals surface area contributed by atoms with Gasteiger partial charge in [0.05, 0.1) is 44.5 Å². The number of hydrogen-bond acceptors (Lipinski definition) is 1. The molecule has 6 rings (SSSR count).